The van der Waals surface area contributed by atoms with Gasteiger partial charge in [0.15, 0.2) is 5.82 Å². The molecule has 0 aromatic carbocycles. The first-order valence-electron chi connectivity index (χ1n) is 5.80. The normalized spacial score (nSPS) is 17.8. The van der Waals surface area contributed by atoms with E-state index in [-0.39, 0.29) is 24.7 Å². The van der Waals surface area contributed by atoms with Crippen LogP contribution in [0.1, 0.15) is 18.4 Å². The van der Waals surface area contributed by atoms with E-state index in [1.807, 2.05) is 12.1 Å². The Balaban J connectivity index is 2.36. The van der Waals surface area contributed by atoms with Crippen LogP contribution in [0.5, 0.6) is 0 Å². The van der Waals surface area contributed by atoms with E-state index in [4.69, 9.17) is 16.9 Å². The summed E-state index contributed by atoms with van der Waals surface area (Å²) in [5.74, 6) is 2.75. The molecule has 1 unspecified atom stereocenters. The molecule has 6 nitrogen and oxygen atoms in total. The lowest BCUT2D eigenvalue weighted by Gasteiger charge is -2.17. The fraction of sp³-hybridized carbons (Fsp3) is 0.385. The minimum atomic E-state index is -0.140. The number of nitriles is 2. The predicted octanol–water partition coefficient (Wildman–Crippen LogP) is 0.655. The fourth-order valence-corrected chi connectivity index (χ4v) is 2.09. The summed E-state index contributed by atoms with van der Waals surface area (Å²) in [5.41, 5.74) is 0.323. The number of anilines is 1. The molecule has 1 saturated heterocycles. The molecule has 2 rings (SSSR count). The quantitative estimate of drug-likeness (QED) is 0.740. The summed E-state index contributed by atoms with van der Waals surface area (Å²) in [4.78, 5) is 13.4. The van der Waals surface area contributed by atoms with Crippen molar-refractivity contribution in [2.75, 3.05) is 11.4 Å². The molecule has 0 bridgehead atoms. The predicted molar refractivity (Wildman–Crippen MR) is 66.5 cm³/mol. The molecule has 0 radical (unpaired) electrons. The van der Waals surface area contributed by atoms with E-state index in [0.29, 0.717) is 24.5 Å². The fourth-order valence-electron chi connectivity index (χ4n) is 2.09. The highest BCUT2D eigenvalue weighted by Gasteiger charge is 2.33. The van der Waals surface area contributed by atoms with Crippen LogP contribution in [0.25, 0.3) is 0 Å². The molecule has 0 spiro atoms. The topological polar surface area (TPSA) is 85.7 Å². The lowest BCUT2D eigenvalue weighted by atomic mass is 10.1. The maximum atomic E-state index is 12.0. The summed E-state index contributed by atoms with van der Waals surface area (Å²) in [6.07, 6.45) is 7.29. The van der Waals surface area contributed by atoms with Crippen LogP contribution in [0.2, 0.25) is 0 Å². The molecule has 1 aromatic rings. The average Bonchev–Trinajstić information content (AvgIpc) is 2.98. The molecule has 0 aliphatic carbocycles. The van der Waals surface area contributed by atoms with Crippen molar-refractivity contribution in [3.05, 3.63) is 11.8 Å². The van der Waals surface area contributed by atoms with E-state index >= 15 is 0 Å². The molecule has 2 heterocycles. The second-order valence-corrected chi connectivity index (χ2v) is 4.20. The van der Waals surface area contributed by atoms with Crippen molar-refractivity contribution in [1.29, 1.82) is 10.5 Å². The van der Waals surface area contributed by atoms with Gasteiger partial charge >= 0.3 is 0 Å². The minimum Gasteiger partial charge on any atom is -0.295 e. The number of hydrogen-bond acceptors (Lipinski definition) is 4. The maximum Gasteiger partial charge on any atom is 0.229 e. The number of rotatable bonds is 3. The van der Waals surface area contributed by atoms with Crippen LogP contribution in [0, 0.1) is 40.9 Å². The zero-order chi connectivity index (χ0) is 13.8. The number of terminal acetylenes is 1. The van der Waals surface area contributed by atoms with Gasteiger partial charge in [0.2, 0.25) is 5.91 Å². The second-order valence-electron chi connectivity index (χ2n) is 4.20. The van der Waals surface area contributed by atoms with Crippen molar-refractivity contribution in [3.63, 3.8) is 0 Å². The largest absolute Gasteiger partial charge is 0.295 e. The van der Waals surface area contributed by atoms with Gasteiger partial charge in [-0.3, -0.25) is 9.69 Å². The SMILES string of the molecule is C#CC1CC(=O)N(c2c(C#N)cnn2CCC#N)C1. The Morgan fingerprint density at radius 1 is 1.53 bits per heavy atom. The first-order valence-corrected chi connectivity index (χ1v) is 5.80. The Labute approximate surface area is 110 Å². The standard InChI is InChI=1S/C13H11N5O/c1-2-10-6-12(19)17(9-10)13-11(7-15)8-16-18(13)5-3-4-14/h1,8,10H,3,5-6,9H2. The van der Waals surface area contributed by atoms with Crippen LogP contribution >= 0.6 is 0 Å². The lowest BCUT2D eigenvalue weighted by Crippen LogP contribution is -2.28. The van der Waals surface area contributed by atoms with Crippen molar-refractivity contribution < 1.29 is 4.79 Å². The highest BCUT2D eigenvalue weighted by atomic mass is 16.2. The van der Waals surface area contributed by atoms with E-state index in [9.17, 15) is 4.79 Å². The highest BCUT2D eigenvalue weighted by Crippen LogP contribution is 2.27. The van der Waals surface area contributed by atoms with E-state index < -0.39 is 0 Å². The molecule has 1 aliphatic rings. The van der Waals surface area contributed by atoms with Gasteiger partial charge in [-0.25, -0.2) is 4.68 Å². The molecule has 1 aromatic heterocycles. The van der Waals surface area contributed by atoms with Gasteiger partial charge in [-0.15, -0.1) is 12.3 Å². The third-order valence-corrected chi connectivity index (χ3v) is 2.98. The molecule has 1 amide bonds. The molecular weight excluding hydrogens is 242 g/mol. The molecule has 1 aliphatic heterocycles. The molecule has 0 N–H and O–H groups in total. The minimum absolute atomic E-state index is 0.113. The van der Waals surface area contributed by atoms with E-state index in [1.54, 1.807) is 0 Å². The zero-order valence-electron chi connectivity index (χ0n) is 10.2. The van der Waals surface area contributed by atoms with Gasteiger partial charge in [-0.05, 0) is 0 Å². The van der Waals surface area contributed by atoms with Crippen LogP contribution < -0.4 is 4.90 Å². The van der Waals surface area contributed by atoms with E-state index in [2.05, 4.69) is 11.0 Å². The Hall–Kier alpha value is -2.78. The van der Waals surface area contributed by atoms with Crippen molar-refractivity contribution in [3.8, 4) is 24.5 Å². The Morgan fingerprint density at radius 2 is 2.32 bits per heavy atom. The van der Waals surface area contributed by atoms with Crippen molar-refractivity contribution in [2.45, 2.75) is 19.4 Å². The van der Waals surface area contributed by atoms with Crippen LogP contribution in [-0.4, -0.2) is 22.2 Å². The van der Waals surface area contributed by atoms with Crippen molar-refractivity contribution >= 4 is 11.7 Å². The van der Waals surface area contributed by atoms with Gasteiger partial charge in [0.1, 0.15) is 11.6 Å². The van der Waals surface area contributed by atoms with Crippen LogP contribution in [0.4, 0.5) is 5.82 Å². The number of carbonyl (C=O) groups excluding carboxylic acids is 1. The maximum absolute atomic E-state index is 12.0. The molecule has 19 heavy (non-hydrogen) atoms. The smallest absolute Gasteiger partial charge is 0.229 e. The number of hydrogen-bond donors (Lipinski definition) is 0. The molecule has 94 valence electrons. The number of amides is 1. The molecule has 0 saturated carbocycles. The number of nitrogens with zero attached hydrogens (tertiary/aromatic N) is 5. The van der Waals surface area contributed by atoms with Crippen LogP contribution in [0.15, 0.2) is 6.20 Å². The Morgan fingerprint density at radius 3 is 2.89 bits per heavy atom. The summed E-state index contributed by atoms with van der Waals surface area (Å²) in [5, 5.41) is 21.7. The highest BCUT2D eigenvalue weighted by molar-refractivity contribution is 5.96. The van der Waals surface area contributed by atoms with Crippen LogP contribution in [-0.2, 0) is 11.3 Å². The number of aromatic nitrogens is 2. The monoisotopic (exact) mass is 253 g/mol. The number of carbonyl (C=O) groups is 1. The summed E-state index contributed by atoms with van der Waals surface area (Å²) >= 11 is 0. The number of aryl methyl sites for hydroxylation is 1. The Bertz CT molecular complexity index is 625. The second kappa shape index (κ2) is 5.25. The van der Waals surface area contributed by atoms with Crippen LogP contribution in [0.3, 0.4) is 0 Å². The van der Waals surface area contributed by atoms with E-state index in [0.717, 1.165) is 0 Å². The molecule has 1 fully saturated rings. The average molecular weight is 253 g/mol. The molecule has 6 heteroatoms. The van der Waals surface area contributed by atoms with Gasteiger partial charge < -0.3 is 0 Å². The lowest BCUT2D eigenvalue weighted by molar-refractivity contribution is -0.117. The third kappa shape index (κ3) is 2.27. The summed E-state index contributed by atoms with van der Waals surface area (Å²) in [6.45, 7) is 0.736. The van der Waals surface area contributed by atoms with Gasteiger partial charge in [-0.1, -0.05) is 0 Å². The Kier molecular flexibility index (Phi) is 3.50. The van der Waals surface area contributed by atoms with Gasteiger partial charge in [0, 0.05) is 18.9 Å². The summed E-state index contributed by atoms with van der Waals surface area (Å²) in [6, 6.07) is 4.02. The first-order chi connectivity index (χ1) is 9.21. The first kappa shape index (κ1) is 12.7. The molecular formula is C13H11N5O. The summed E-state index contributed by atoms with van der Waals surface area (Å²) in [7, 11) is 0. The third-order valence-electron chi connectivity index (χ3n) is 2.98. The van der Waals surface area contributed by atoms with Gasteiger partial charge in [0.05, 0.1) is 25.2 Å². The summed E-state index contributed by atoms with van der Waals surface area (Å²) < 4.78 is 1.51. The zero-order valence-corrected chi connectivity index (χ0v) is 10.2. The van der Waals surface area contributed by atoms with E-state index in [1.165, 1.54) is 15.8 Å². The molecule has 1 atom stereocenters. The van der Waals surface area contributed by atoms with Gasteiger partial charge in [-0.2, -0.15) is 15.6 Å². The van der Waals surface area contributed by atoms with Gasteiger partial charge in [0.25, 0.3) is 0 Å². The van der Waals surface area contributed by atoms with Crippen molar-refractivity contribution in [1.82, 2.24) is 9.78 Å². The van der Waals surface area contributed by atoms with Crippen molar-refractivity contribution in [2.24, 2.45) is 5.92 Å².